The first-order valence-electron chi connectivity index (χ1n) is 7.59. The van der Waals surface area contributed by atoms with Crippen molar-refractivity contribution in [3.8, 4) is 0 Å². The number of alkyl halides is 3. The zero-order valence-corrected chi connectivity index (χ0v) is 13.5. The van der Waals surface area contributed by atoms with Crippen LogP contribution in [-0.4, -0.2) is 29.9 Å². The molecule has 23 heavy (non-hydrogen) atoms. The second-order valence-electron chi connectivity index (χ2n) is 5.87. The van der Waals surface area contributed by atoms with Crippen LogP contribution in [0.4, 0.5) is 18.9 Å². The van der Waals surface area contributed by atoms with E-state index in [9.17, 15) is 18.0 Å². The SMILES string of the molecule is CC(C)N(CCCC(N)=O)CCc1ccc(N)c(C(F)(F)F)c1. The Morgan fingerprint density at radius 1 is 1.26 bits per heavy atom. The van der Waals surface area contributed by atoms with E-state index in [4.69, 9.17) is 11.5 Å². The molecule has 0 aliphatic rings. The van der Waals surface area contributed by atoms with Crippen LogP contribution in [0.25, 0.3) is 0 Å². The van der Waals surface area contributed by atoms with Crippen molar-refractivity contribution in [3.05, 3.63) is 29.3 Å². The van der Waals surface area contributed by atoms with E-state index in [0.717, 1.165) is 6.07 Å². The number of amides is 1. The highest BCUT2D eigenvalue weighted by atomic mass is 19.4. The van der Waals surface area contributed by atoms with Crippen LogP contribution in [0.5, 0.6) is 0 Å². The zero-order chi connectivity index (χ0) is 17.6. The van der Waals surface area contributed by atoms with Gasteiger partial charge in [-0.1, -0.05) is 6.07 Å². The summed E-state index contributed by atoms with van der Waals surface area (Å²) in [7, 11) is 0. The number of hydrogen-bond acceptors (Lipinski definition) is 3. The molecule has 0 unspecified atom stereocenters. The zero-order valence-electron chi connectivity index (χ0n) is 13.5. The van der Waals surface area contributed by atoms with Crippen molar-refractivity contribution in [2.45, 2.75) is 45.3 Å². The van der Waals surface area contributed by atoms with Crippen molar-refractivity contribution in [3.63, 3.8) is 0 Å². The number of nitrogen functional groups attached to an aromatic ring is 1. The van der Waals surface area contributed by atoms with Crippen molar-refractivity contribution < 1.29 is 18.0 Å². The predicted molar refractivity (Wildman–Crippen MR) is 84.7 cm³/mol. The maximum absolute atomic E-state index is 12.9. The summed E-state index contributed by atoms with van der Waals surface area (Å²) in [6.07, 6.45) is -3.01. The Morgan fingerprint density at radius 2 is 1.91 bits per heavy atom. The van der Waals surface area contributed by atoms with Crippen molar-refractivity contribution in [1.82, 2.24) is 4.90 Å². The molecular formula is C16H24F3N3O. The number of hydrogen-bond donors (Lipinski definition) is 2. The van der Waals surface area contributed by atoms with Gasteiger partial charge in [0.2, 0.25) is 5.91 Å². The highest BCUT2D eigenvalue weighted by Gasteiger charge is 2.33. The third-order valence-electron chi connectivity index (χ3n) is 3.71. The normalized spacial score (nSPS) is 12.1. The van der Waals surface area contributed by atoms with Crippen LogP contribution in [-0.2, 0) is 17.4 Å². The molecule has 4 N–H and O–H groups in total. The quantitative estimate of drug-likeness (QED) is 0.720. The fraction of sp³-hybridized carbons (Fsp3) is 0.562. The average Bonchev–Trinajstić information content (AvgIpc) is 2.42. The molecular weight excluding hydrogens is 307 g/mol. The Kier molecular flexibility index (Phi) is 6.87. The van der Waals surface area contributed by atoms with E-state index >= 15 is 0 Å². The molecule has 4 nitrogen and oxygen atoms in total. The van der Waals surface area contributed by atoms with Crippen LogP contribution in [0.2, 0.25) is 0 Å². The third-order valence-corrected chi connectivity index (χ3v) is 3.71. The molecule has 0 bridgehead atoms. The van der Waals surface area contributed by atoms with E-state index in [1.54, 1.807) is 6.07 Å². The molecule has 0 aliphatic heterocycles. The minimum atomic E-state index is -4.45. The monoisotopic (exact) mass is 331 g/mol. The summed E-state index contributed by atoms with van der Waals surface area (Å²) in [5.74, 6) is -0.345. The summed E-state index contributed by atoms with van der Waals surface area (Å²) in [6, 6.07) is 4.26. The van der Waals surface area contributed by atoms with E-state index in [0.29, 0.717) is 37.9 Å². The summed E-state index contributed by atoms with van der Waals surface area (Å²) in [4.78, 5) is 12.9. The molecule has 0 saturated heterocycles. The van der Waals surface area contributed by atoms with Gasteiger partial charge in [-0.15, -0.1) is 0 Å². The van der Waals surface area contributed by atoms with Gasteiger partial charge in [0.1, 0.15) is 0 Å². The summed E-state index contributed by atoms with van der Waals surface area (Å²) in [6.45, 7) is 5.31. The Hall–Kier alpha value is -1.76. The molecule has 0 radical (unpaired) electrons. The summed E-state index contributed by atoms with van der Waals surface area (Å²) in [5.41, 5.74) is 10.1. The molecule has 0 fully saturated rings. The van der Waals surface area contributed by atoms with Gasteiger partial charge in [-0.25, -0.2) is 0 Å². The summed E-state index contributed by atoms with van der Waals surface area (Å²) in [5, 5.41) is 0. The van der Waals surface area contributed by atoms with Gasteiger partial charge in [-0.2, -0.15) is 13.2 Å². The van der Waals surface area contributed by atoms with Crippen LogP contribution in [0.1, 0.15) is 37.8 Å². The molecule has 0 aromatic heterocycles. The standard InChI is InChI=1S/C16H24F3N3O/c1-11(2)22(8-3-4-15(21)23)9-7-12-5-6-14(20)13(10-12)16(17,18)19/h5-6,10-11H,3-4,7-9,20H2,1-2H3,(H2,21,23). The van der Waals surface area contributed by atoms with Crippen LogP contribution >= 0.6 is 0 Å². The fourth-order valence-electron chi connectivity index (χ4n) is 2.36. The van der Waals surface area contributed by atoms with Crippen LogP contribution in [0.15, 0.2) is 18.2 Å². The number of carbonyl (C=O) groups is 1. The van der Waals surface area contributed by atoms with Gasteiger partial charge in [0.25, 0.3) is 0 Å². The fourth-order valence-corrected chi connectivity index (χ4v) is 2.36. The molecule has 0 spiro atoms. The van der Waals surface area contributed by atoms with Crippen LogP contribution in [0.3, 0.4) is 0 Å². The lowest BCUT2D eigenvalue weighted by Crippen LogP contribution is -2.34. The second-order valence-corrected chi connectivity index (χ2v) is 5.87. The van der Waals surface area contributed by atoms with Gasteiger partial charge in [-0.3, -0.25) is 4.79 Å². The minimum absolute atomic E-state index is 0.235. The minimum Gasteiger partial charge on any atom is -0.398 e. The number of anilines is 1. The molecule has 7 heteroatoms. The number of carbonyl (C=O) groups excluding carboxylic acids is 1. The Balaban J connectivity index is 2.69. The van der Waals surface area contributed by atoms with Gasteiger partial charge in [0.05, 0.1) is 5.56 Å². The number of benzene rings is 1. The average molecular weight is 331 g/mol. The van der Waals surface area contributed by atoms with E-state index in [2.05, 4.69) is 4.90 Å². The number of nitrogens with zero attached hydrogens (tertiary/aromatic N) is 1. The van der Waals surface area contributed by atoms with Crippen molar-refractivity contribution >= 4 is 11.6 Å². The van der Waals surface area contributed by atoms with Gasteiger partial charge < -0.3 is 16.4 Å². The molecule has 0 saturated carbocycles. The lowest BCUT2D eigenvalue weighted by atomic mass is 10.1. The van der Waals surface area contributed by atoms with E-state index in [1.165, 1.54) is 6.07 Å². The highest BCUT2D eigenvalue weighted by Crippen LogP contribution is 2.34. The molecule has 0 atom stereocenters. The van der Waals surface area contributed by atoms with Crippen molar-refractivity contribution in [2.24, 2.45) is 5.73 Å². The van der Waals surface area contributed by atoms with E-state index < -0.39 is 11.7 Å². The van der Waals surface area contributed by atoms with Gasteiger partial charge in [0.15, 0.2) is 0 Å². The number of primary amides is 1. The Morgan fingerprint density at radius 3 is 2.43 bits per heavy atom. The molecule has 1 rings (SSSR count). The van der Waals surface area contributed by atoms with E-state index in [1.807, 2.05) is 13.8 Å². The lowest BCUT2D eigenvalue weighted by Gasteiger charge is -2.26. The molecule has 1 aromatic carbocycles. The number of halogens is 3. The lowest BCUT2D eigenvalue weighted by molar-refractivity contribution is -0.137. The molecule has 1 aromatic rings. The maximum Gasteiger partial charge on any atom is 0.418 e. The van der Waals surface area contributed by atoms with Crippen molar-refractivity contribution in [1.29, 1.82) is 0 Å². The number of rotatable bonds is 8. The summed E-state index contributed by atoms with van der Waals surface area (Å²) < 4.78 is 38.6. The highest BCUT2D eigenvalue weighted by molar-refractivity contribution is 5.73. The van der Waals surface area contributed by atoms with Gasteiger partial charge in [0, 0.05) is 24.7 Å². The first-order valence-corrected chi connectivity index (χ1v) is 7.59. The largest absolute Gasteiger partial charge is 0.418 e. The summed E-state index contributed by atoms with van der Waals surface area (Å²) >= 11 is 0. The third kappa shape index (κ3) is 6.48. The first kappa shape index (κ1) is 19.3. The molecule has 0 aliphatic carbocycles. The first-order chi connectivity index (χ1) is 10.6. The van der Waals surface area contributed by atoms with Crippen LogP contribution in [0, 0.1) is 0 Å². The van der Waals surface area contributed by atoms with E-state index in [-0.39, 0.29) is 17.6 Å². The van der Waals surface area contributed by atoms with Gasteiger partial charge in [-0.05, 0) is 50.9 Å². The topological polar surface area (TPSA) is 72.3 Å². The smallest absolute Gasteiger partial charge is 0.398 e. The Labute approximate surface area is 134 Å². The van der Waals surface area contributed by atoms with Crippen molar-refractivity contribution in [2.75, 3.05) is 18.8 Å². The molecule has 1 amide bonds. The van der Waals surface area contributed by atoms with Crippen LogP contribution < -0.4 is 11.5 Å². The molecule has 0 heterocycles. The van der Waals surface area contributed by atoms with Gasteiger partial charge >= 0.3 is 6.18 Å². The second kappa shape index (κ2) is 8.19. The molecule has 130 valence electrons. The predicted octanol–water partition coefficient (Wildman–Crippen LogP) is 2.81. The Bertz CT molecular complexity index is 530. The maximum atomic E-state index is 12.9. The number of nitrogens with two attached hydrogens (primary N) is 2.